The number of carbonyl (C=O) groups is 14. The maximum Gasteiger partial charge on any atom is 0.326 e. The van der Waals surface area contributed by atoms with E-state index >= 15 is 0 Å². The zero-order valence-electron chi connectivity index (χ0n) is 55.9. The lowest BCUT2D eigenvalue weighted by molar-refractivity contribution is -0.142. The number of aliphatic carboxylic acids is 5. The molecule has 0 spiro atoms. The predicted octanol–water partition coefficient (Wildman–Crippen LogP) is 14.9. The number of ketones is 6. The van der Waals surface area contributed by atoms with E-state index in [1.54, 1.807) is 27.7 Å². The third-order valence-corrected chi connectivity index (χ3v) is 12.9. The smallest absolute Gasteiger partial charge is 0.326 e. The van der Waals surface area contributed by atoms with Crippen LogP contribution in [0.1, 0.15) is 332 Å². The van der Waals surface area contributed by atoms with E-state index in [1.807, 2.05) is 48.5 Å². The summed E-state index contributed by atoms with van der Waals surface area (Å²) in [5.41, 5.74) is 0. The predicted molar refractivity (Wildman–Crippen MR) is 416 cm³/mol. The van der Waals surface area contributed by atoms with Crippen LogP contribution in [0.2, 0.25) is 0 Å². The van der Waals surface area contributed by atoms with E-state index < -0.39 is 53.9 Å². The molecule has 0 aliphatic carbocycles. The van der Waals surface area contributed by atoms with Gasteiger partial charge in [-0.25, -0.2) is 19.4 Å². The summed E-state index contributed by atoms with van der Waals surface area (Å²) in [6.07, 6.45) is 11.4. The van der Waals surface area contributed by atoms with Gasteiger partial charge in [0, 0.05) is 113 Å². The van der Waals surface area contributed by atoms with Gasteiger partial charge in [-0.2, -0.15) is 10.3 Å². The highest BCUT2D eigenvalue weighted by atomic mass is 16.4. The van der Waals surface area contributed by atoms with Crippen LogP contribution in [0.3, 0.4) is 0 Å². The Kier molecular flexibility index (Phi) is 108. The van der Waals surface area contributed by atoms with Crippen LogP contribution < -0.4 is 16.0 Å². The van der Waals surface area contributed by atoms with Crippen LogP contribution in [0.4, 0.5) is 0 Å². The fourth-order valence-electron chi connectivity index (χ4n) is 6.91. The molecule has 103 heavy (non-hydrogen) atoms. The summed E-state index contributed by atoms with van der Waals surface area (Å²) in [6, 6.07) is -3.11. The van der Waals surface area contributed by atoms with Gasteiger partial charge >= 0.3 is 29.8 Å². The maximum atomic E-state index is 11.6. The lowest BCUT2D eigenvalue weighted by atomic mass is 10.0. The molecule has 0 fully saturated rings. The average Bonchev–Trinajstić information content (AvgIpc) is 1.67. The topological polar surface area (TPSA) is 472 Å². The zero-order chi connectivity index (χ0) is 70.6. The number of Topliss-reactive ketones (excluding diaryl/α,β-unsaturated/α-hetero) is 6. The molecule has 2 rings (SSSR count). The monoisotopic (exact) mass is 1490 g/mol. The number of aromatic nitrogens is 7. The van der Waals surface area contributed by atoms with Crippen molar-refractivity contribution in [1.82, 2.24) is 51.8 Å². The first-order valence-corrected chi connectivity index (χ1v) is 31.2. The van der Waals surface area contributed by atoms with Crippen LogP contribution in [0.15, 0.2) is 6.33 Å². The first kappa shape index (κ1) is 134. The Labute approximate surface area is 623 Å². The first-order valence-electron chi connectivity index (χ1n) is 31.2. The van der Waals surface area contributed by atoms with Gasteiger partial charge in [0.25, 0.3) is 0 Å². The molecular weight excluding hydrogens is 1330 g/mol. The Morgan fingerprint density at radius 1 is 0.388 bits per heavy atom. The second-order valence-electron chi connectivity index (χ2n) is 23.0. The molecule has 0 saturated heterocycles. The van der Waals surface area contributed by atoms with Crippen LogP contribution in [0.25, 0.3) is 0 Å². The van der Waals surface area contributed by atoms with Gasteiger partial charge < -0.3 is 46.3 Å². The van der Waals surface area contributed by atoms with E-state index in [-0.39, 0.29) is 224 Å². The molecule has 3 amide bonds. The summed E-state index contributed by atoms with van der Waals surface area (Å²) < 4.78 is 0. The fraction of sp³-hybridized carbons (Fsp3) is 0.770. The number of hydrogen-bond acceptors (Lipinski definition) is 19. The third-order valence-electron chi connectivity index (χ3n) is 12.9. The quantitative estimate of drug-likeness (QED) is 0.0295. The normalized spacial score (nSPS) is 10.1. The third kappa shape index (κ3) is 84.5. The molecule has 29 heteroatoms. The number of carboxylic acids is 5. The standard InChI is InChI=1S/C13H21NO6.C13H23NO4.C11H17N5O4.C9H15N3O.C8H14O3.C8H16O.12CH4/c1-8(2)10(15)7-6-9(13(19)20)14-11(16)4-3-5-12(17)18;1-4-5-6-12(16)14-10(13(17)18)7-8-11(15)9(2)3;1-7(17)5-6-8(11(19)20)12-10(18)4-2-3-9-13-15-16-14-9;1-7(2)8(13)4-3-5-9-10-6-11-12-9;1-6(2)7(9)4-3-5-8(10)11;1-4-5-6-8(9)7(2)3;;;;;;;;;;;;/h8-9H,3-7H2,1-2H3,(H,14,16)(H,17,18)(H,19,20);9-10H,4-8H2,1-3H3,(H,14,16)(H,17,18);8H,2-6H2,1H3,(H,12,18)(H,19,20)(H,13,14,15,16);6-7H,3-5H2,1-2H3,(H,10,11,12);6H,3-5H2,1-2H3,(H,10,11);7H,4-6H2,1-3H3;12*1H4. The summed E-state index contributed by atoms with van der Waals surface area (Å²) in [7, 11) is 0. The zero-order valence-corrected chi connectivity index (χ0v) is 55.9. The number of nitrogens with one attached hydrogen (secondary N) is 5. The Hall–Kier alpha value is -8.01. The van der Waals surface area contributed by atoms with Gasteiger partial charge in [0.15, 0.2) is 5.82 Å². The summed E-state index contributed by atoms with van der Waals surface area (Å²) in [5, 5.41) is 70.4. The lowest BCUT2D eigenvalue weighted by Gasteiger charge is -2.14. The highest BCUT2D eigenvalue weighted by Crippen LogP contribution is 2.10. The Bertz CT molecular complexity index is 2470. The van der Waals surface area contributed by atoms with Crippen molar-refractivity contribution >= 4 is 82.3 Å². The van der Waals surface area contributed by atoms with Crippen molar-refractivity contribution in [2.24, 2.45) is 29.6 Å². The van der Waals surface area contributed by atoms with Crippen molar-refractivity contribution in [1.29, 1.82) is 0 Å². The van der Waals surface area contributed by atoms with E-state index in [4.69, 9.17) is 25.5 Å². The van der Waals surface area contributed by atoms with Gasteiger partial charge in [-0.1, -0.05) is 190 Å². The van der Waals surface area contributed by atoms with E-state index in [9.17, 15) is 67.1 Å². The number of aromatic amines is 2. The molecule has 0 aliphatic heterocycles. The summed E-state index contributed by atoms with van der Waals surface area (Å²) in [5.74, 6) is -4.20. The number of H-pyrrole nitrogens is 2. The molecule has 2 aromatic rings. The molecule has 3 atom stereocenters. The molecule has 3 unspecified atom stereocenters. The number of amides is 3. The van der Waals surface area contributed by atoms with Crippen molar-refractivity contribution in [3.63, 3.8) is 0 Å². The fourth-order valence-corrected chi connectivity index (χ4v) is 6.91. The highest BCUT2D eigenvalue weighted by Gasteiger charge is 2.24. The lowest BCUT2D eigenvalue weighted by Crippen LogP contribution is -2.41. The second kappa shape index (κ2) is 82.9. The summed E-state index contributed by atoms with van der Waals surface area (Å²) >= 11 is 0. The molecular formula is C74H154N10O19. The van der Waals surface area contributed by atoms with Gasteiger partial charge in [0.05, 0.1) is 0 Å². The van der Waals surface area contributed by atoms with Crippen LogP contribution in [-0.2, 0) is 80.0 Å². The summed E-state index contributed by atoms with van der Waals surface area (Å²) in [6.45, 7) is 23.9. The van der Waals surface area contributed by atoms with Crippen LogP contribution in [0, 0.1) is 29.6 Å². The van der Waals surface area contributed by atoms with Crippen molar-refractivity contribution < 1.29 is 92.7 Å². The molecule has 614 valence electrons. The number of unbranched alkanes of at least 4 members (excludes halogenated alkanes) is 2. The summed E-state index contributed by atoms with van der Waals surface area (Å²) in [4.78, 5) is 158. The largest absolute Gasteiger partial charge is 0.481 e. The number of nitrogens with zero attached hydrogens (tertiary/aromatic N) is 5. The highest BCUT2D eigenvalue weighted by molar-refractivity contribution is 5.87. The van der Waals surface area contributed by atoms with E-state index in [1.165, 1.54) is 13.3 Å². The molecule has 0 saturated carbocycles. The van der Waals surface area contributed by atoms with Gasteiger partial charge in [-0.3, -0.25) is 53.0 Å². The minimum Gasteiger partial charge on any atom is -0.481 e. The number of tetrazole rings is 1. The van der Waals surface area contributed by atoms with Crippen LogP contribution in [-0.4, -0.2) is 162 Å². The van der Waals surface area contributed by atoms with Gasteiger partial charge in [-0.05, 0) is 64.7 Å². The molecule has 0 aromatic carbocycles. The molecule has 2 heterocycles. The number of carboxylic acid groups (broad SMARTS) is 5. The van der Waals surface area contributed by atoms with Gasteiger partial charge in [0.2, 0.25) is 17.7 Å². The van der Waals surface area contributed by atoms with Crippen LogP contribution in [0.5, 0.6) is 0 Å². The Morgan fingerprint density at radius 3 is 0.971 bits per heavy atom. The number of rotatable bonds is 42. The molecule has 29 nitrogen and oxygen atoms in total. The van der Waals surface area contributed by atoms with Crippen LogP contribution >= 0.6 is 0 Å². The number of hydrogen-bond donors (Lipinski definition) is 10. The van der Waals surface area contributed by atoms with E-state index in [0.717, 1.165) is 50.8 Å². The minimum absolute atomic E-state index is 0. The minimum atomic E-state index is -1.20. The SMILES string of the molecule is C.C.C.C.C.C.C.C.C.C.C.C.CC(=O)CCC(NC(=O)CCCc1nn[nH]n1)C(=O)O.CC(C)C(=O)CCC(NC(=O)CCCC(=O)O)C(=O)O.CC(C)C(=O)CCCC(=O)O.CC(C)C(=O)CCCc1ncn[nH]1.CCCCC(=O)C(C)C.CCCCC(=O)NC(CCC(=O)C(C)C)C(=O)O. The Morgan fingerprint density at radius 2 is 0.680 bits per heavy atom. The van der Waals surface area contributed by atoms with Gasteiger partial charge in [-0.15, -0.1) is 10.2 Å². The van der Waals surface area contributed by atoms with Crippen molar-refractivity contribution in [3.05, 3.63) is 18.0 Å². The maximum absolute atomic E-state index is 11.6. The van der Waals surface area contributed by atoms with Crippen molar-refractivity contribution in [2.75, 3.05) is 0 Å². The second-order valence-corrected chi connectivity index (χ2v) is 23.0. The Balaban J connectivity index is -0.0000000626. The molecule has 0 bridgehead atoms. The van der Waals surface area contributed by atoms with Gasteiger partial charge in [0.1, 0.15) is 65.0 Å². The van der Waals surface area contributed by atoms with Crippen molar-refractivity contribution in [2.45, 2.75) is 351 Å². The first-order chi connectivity index (χ1) is 42.5. The number of aryl methyl sites for hydroxylation is 2. The van der Waals surface area contributed by atoms with E-state index in [2.05, 4.69) is 58.7 Å². The van der Waals surface area contributed by atoms with E-state index in [0.29, 0.717) is 55.9 Å². The molecule has 10 N–H and O–H groups in total. The molecule has 2 aromatic heterocycles. The average molecular weight is 1490 g/mol. The molecule has 0 radical (unpaired) electrons. The van der Waals surface area contributed by atoms with Crippen molar-refractivity contribution in [3.8, 4) is 0 Å². The molecule has 0 aliphatic rings. The number of carbonyl (C=O) groups excluding carboxylic acids is 9.